The van der Waals surface area contributed by atoms with E-state index in [-0.39, 0.29) is 43.3 Å². The first-order valence-corrected chi connectivity index (χ1v) is 19.4. The number of alkyl halides is 1. The first-order valence-electron chi connectivity index (χ1n) is 19.4. The van der Waals surface area contributed by atoms with Crippen LogP contribution < -0.4 is 19.7 Å². The van der Waals surface area contributed by atoms with E-state index in [9.17, 15) is 9.90 Å². The summed E-state index contributed by atoms with van der Waals surface area (Å²) in [6.07, 6.45) is 12.8. The number of hydrogen-bond donors (Lipinski definition) is 2. The molecule has 1 aromatic heterocycles. The van der Waals surface area contributed by atoms with Crippen molar-refractivity contribution in [3.05, 3.63) is 47.4 Å². The lowest BCUT2D eigenvalue weighted by atomic mass is 9.86. The summed E-state index contributed by atoms with van der Waals surface area (Å²) in [5.74, 6) is 3.25. The molecule has 0 spiro atoms. The third-order valence-corrected chi connectivity index (χ3v) is 12.4. The summed E-state index contributed by atoms with van der Waals surface area (Å²) >= 11 is 0. The summed E-state index contributed by atoms with van der Waals surface area (Å²) < 4.78 is 48.6. The quantitative estimate of drug-likeness (QED) is 0.248. The molecule has 4 aliphatic heterocycles. The van der Waals surface area contributed by atoms with E-state index in [2.05, 4.69) is 22.7 Å². The lowest BCUT2D eigenvalue weighted by Gasteiger charge is -2.45. The van der Waals surface area contributed by atoms with Gasteiger partial charge in [0.15, 0.2) is 11.6 Å². The van der Waals surface area contributed by atoms with Crippen LogP contribution in [0.25, 0.3) is 0 Å². The Morgan fingerprint density at radius 3 is 2.74 bits per heavy atom. The van der Waals surface area contributed by atoms with Crippen LogP contribution in [0.4, 0.5) is 20.3 Å². The highest BCUT2D eigenvalue weighted by Gasteiger charge is 2.45. The van der Waals surface area contributed by atoms with Crippen molar-refractivity contribution in [1.82, 2.24) is 19.8 Å². The van der Waals surface area contributed by atoms with E-state index in [1.165, 1.54) is 12.1 Å². The van der Waals surface area contributed by atoms with Gasteiger partial charge in [0, 0.05) is 65.7 Å². The van der Waals surface area contributed by atoms with E-state index < -0.39 is 28.7 Å². The highest BCUT2D eigenvalue weighted by molar-refractivity contribution is 5.87. The second-order valence-electron chi connectivity index (χ2n) is 16.6. The molecule has 0 radical (unpaired) electrons. The standard InChI is InChI=1S/C41H54F2N6O5/c1-6-31-32(43)11-10-28-19-40(4,51)25-49(35(28)31)30-18-33-36(53-23-30)37(44-24-41(14-8-9-15-41)47(5)34(50)7-2)46-38(45-33)54-26-39(3)20-29(42)22-48(39)21-27-12-16-52-17-13-27/h1,7,10-11,27,29-30,51H,2,8-9,12-26H2,3-5H3,(H,44,45,46)/t29-,30-,39+,40+/m1/s1. The summed E-state index contributed by atoms with van der Waals surface area (Å²) in [6, 6.07) is 2.82. The van der Waals surface area contributed by atoms with Crippen molar-refractivity contribution in [2.24, 2.45) is 5.92 Å². The number of carbonyl (C=O) groups is 1. The Morgan fingerprint density at radius 1 is 1.26 bits per heavy atom. The number of rotatable bonds is 11. The maximum absolute atomic E-state index is 15.1. The molecule has 5 aliphatic rings. The van der Waals surface area contributed by atoms with Crippen molar-refractivity contribution >= 4 is 17.4 Å². The number of nitrogens with one attached hydrogen (secondary N) is 1. The third-order valence-electron chi connectivity index (χ3n) is 12.4. The number of amides is 1. The van der Waals surface area contributed by atoms with Crippen molar-refractivity contribution < 1.29 is 32.9 Å². The number of anilines is 2. The normalized spacial score (nSPS) is 28.1. The Hall–Kier alpha value is -3.99. The molecule has 2 aromatic rings. The minimum atomic E-state index is -1.09. The average molecular weight is 749 g/mol. The molecule has 1 amide bonds. The van der Waals surface area contributed by atoms with Crippen LogP contribution in [0.5, 0.6) is 11.8 Å². The SMILES string of the molecule is C#Cc1c(F)ccc2c1N([C@H]1COc3c(nc(OC[C@]4(C)C[C@@H](F)CN4CC4CCOCC4)nc3NCC3(N(C)C(=O)C=C)CCCC3)C1)C[C@@](C)(O)C2. The second kappa shape index (κ2) is 15.3. The number of carbonyl (C=O) groups excluding carboxylic acids is 1. The van der Waals surface area contributed by atoms with Crippen LogP contribution in [-0.2, 0) is 22.4 Å². The fourth-order valence-electron chi connectivity index (χ4n) is 9.37. The van der Waals surface area contributed by atoms with Crippen LogP contribution in [0.15, 0.2) is 24.8 Å². The van der Waals surface area contributed by atoms with Gasteiger partial charge in [-0.05, 0) is 63.2 Å². The van der Waals surface area contributed by atoms with Crippen molar-refractivity contribution in [3.63, 3.8) is 0 Å². The molecule has 1 aliphatic carbocycles. The minimum absolute atomic E-state index is 0.132. The Morgan fingerprint density at radius 2 is 2.02 bits per heavy atom. The molecule has 7 rings (SSSR count). The number of ether oxygens (including phenoxy) is 3. The molecule has 13 heteroatoms. The van der Waals surface area contributed by atoms with Gasteiger partial charge in [-0.2, -0.15) is 9.97 Å². The molecule has 0 unspecified atom stereocenters. The van der Waals surface area contributed by atoms with E-state index in [1.807, 2.05) is 18.9 Å². The summed E-state index contributed by atoms with van der Waals surface area (Å²) in [7, 11) is 1.81. The molecule has 2 saturated heterocycles. The number of hydrogen-bond acceptors (Lipinski definition) is 10. The Labute approximate surface area is 317 Å². The molecule has 2 N–H and O–H groups in total. The number of aliphatic hydroxyl groups is 1. The molecular formula is C41H54F2N6O5. The molecule has 1 saturated carbocycles. The zero-order chi connectivity index (χ0) is 38.3. The van der Waals surface area contributed by atoms with Gasteiger partial charge in [0.1, 0.15) is 25.2 Å². The van der Waals surface area contributed by atoms with Crippen LogP contribution in [0.1, 0.15) is 75.6 Å². The number of likely N-dealkylation sites (tertiary alicyclic amines) is 1. The average Bonchev–Trinajstić information content (AvgIpc) is 3.75. The molecule has 3 fully saturated rings. The van der Waals surface area contributed by atoms with E-state index in [0.717, 1.165) is 63.8 Å². The first kappa shape index (κ1) is 38.3. The van der Waals surface area contributed by atoms with Gasteiger partial charge in [-0.3, -0.25) is 9.69 Å². The van der Waals surface area contributed by atoms with Crippen LogP contribution >= 0.6 is 0 Å². The zero-order valence-electron chi connectivity index (χ0n) is 31.8. The van der Waals surface area contributed by atoms with E-state index in [4.69, 9.17) is 30.6 Å². The molecule has 4 atom stereocenters. The summed E-state index contributed by atoms with van der Waals surface area (Å²) in [6.45, 7) is 11.1. The van der Waals surface area contributed by atoms with Crippen LogP contribution in [0.3, 0.4) is 0 Å². The van der Waals surface area contributed by atoms with Gasteiger partial charge in [-0.1, -0.05) is 31.4 Å². The molecular weight excluding hydrogens is 694 g/mol. The van der Waals surface area contributed by atoms with Crippen LogP contribution in [-0.4, -0.2) is 119 Å². The zero-order valence-corrected chi connectivity index (χ0v) is 31.8. The van der Waals surface area contributed by atoms with Crippen molar-refractivity contribution in [1.29, 1.82) is 0 Å². The fraction of sp³-hybridized carbons (Fsp3) is 0.634. The largest absolute Gasteiger partial charge is 0.486 e. The van der Waals surface area contributed by atoms with Gasteiger partial charge in [-0.15, -0.1) is 6.42 Å². The fourth-order valence-corrected chi connectivity index (χ4v) is 9.37. The van der Waals surface area contributed by atoms with Crippen molar-refractivity contribution in [2.75, 3.05) is 69.9 Å². The maximum atomic E-state index is 15.1. The number of halogens is 2. The lowest BCUT2D eigenvalue weighted by Crippen LogP contribution is -2.54. The van der Waals surface area contributed by atoms with Gasteiger partial charge in [0.25, 0.3) is 0 Å². The van der Waals surface area contributed by atoms with Crippen LogP contribution in [0, 0.1) is 24.1 Å². The summed E-state index contributed by atoms with van der Waals surface area (Å²) in [5.41, 5.74) is -0.00870. The molecule has 1 aromatic carbocycles. The smallest absolute Gasteiger partial charge is 0.318 e. The molecule has 5 heterocycles. The molecule has 0 bridgehead atoms. The van der Waals surface area contributed by atoms with Gasteiger partial charge in [-0.25, -0.2) is 8.78 Å². The van der Waals surface area contributed by atoms with Gasteiger partial charge < -0.3 is 34.4 Å². The Balaban J connectivity index is 1.19. The predicted octanol–water partition coefficient (Wildman–Crippen LogP) is 4.69. The number of aromatic nitrogens is 2. The highest BCUT2D eigenvalue weighted by atomic mass is 19.1. The lowest BCUT2D eigenvalue weighted by molar-refractivity contribution is -0.129. The van der Waals surface area contributed by atoms with Gasteiger partial charge in [0.2, 0.25) is 5.91 Å². The Kier molecular flexibility index (Phi) is 10.8. The highest BCUT2D eigenvalue weighted by Crippen LogP contribution is 2.42. The van der Waals surface area contributed by atoms with Gasteiger partial charge >= 0.3 is 6.01 Å². The molecule has 292 valence electrons. The Bertz CT molecular complexity index is 1770. The summed E-state index contributed by atoms with van der Waals surface area (Å²) in [4.78, 5) is 28.5. The van der Waals surface area contributed by atoms with Crippen molar-refractivity contribution in [3.8, 4) is 24.1 Å². The van der Waals surface area contributed by atoms with Crippen molar-refractivity contribution in [2.45, 2.75) is 101 Å². The topological polar surface area (TPSA) is 113 Å². The molecule has 11 nitrogen and oxygen atoms in total. The molecule has 54 heavy (non-hydrogen) atoms. The minimum Gasteiger partial charge on any atom is -0.486 e. The summed E-state index contributed by atoms with van der Waals surface area (Å²) in [5, 5.41) is 14.8. The number of β-amino-alcohol motifs (C(OH)–C–C–N with tert-alkyl or cyclic N) is 1. The predicted molar refractivity (Wildman–Crippen MR) is 202 cm³/mol. The maximum Gasteiger partial charge on any atom is 0.318 e. The third kappa shape index (κ3) is 7.62. The number of likely N-dealkylation sites (N-methyl/N-ethyl adjacent to an activating group) is 1. The number of fused-ring (bicyclic) bond motifs is 2. The monoisotopic (exact) mass is 748 g/mol. The van der Waals surface area contributed by atoms with E-state index in [1.54, 1.807) is 17.9 Å². The first-order chi connectivity index (χ1) is 25.8. The van der Waals surface area contributed by atoms with E-state index >= 15 is 8.78 Å². The van der Waals surface area contributed by atoms with Gasteiger partial charge in [0.05, 0.1) is 39.7 Å². The number of terminal acetylenes is 1. The number of nitrogens with zero attached hydrogens (tertiary/aromatic N) is 5. The number of benzene rings is 1. The second-order valence-corrected chi connectivity index (χ2v) is 16.6. The van der Waals surface area contributed by atoms with Crippen LogP contribution in [0.2, 0.25) is 0 Å². The van der Waals surface area contributed by atoms with E-state index in [0.29, 0.717) is 61.2 Å².